The fraction of sp³-hybridized carbons (Fsp3) is 0.316. The summed E-state index contributed by atoms with van der Waals surface area (Å²) in [5, 5.41) is 0. The van der Waals surface area contributed by atoms with Crippen molar-refractivity contribution in [2.45, 2.75) is 11.4 Å². The van der Waals surface area contributed by atoms with E-state index in [1.54, 1.807) is 12.0 Å². The molecule has 5 heteroatoms. The molecule has 0 saturated carbocycles. The lowest BCUT2D eigenvalue weighted by Crippen LogP contribution is -2.27. The highest BCUT2D eigenvalue weighted by atomic mass is 32.2. The smallest absolute Gasteiger partial charge is 0.232 e. The number of ether oxygens (including phenoxy) is 1. The average molecular weight is 344 g/mol. The van der Waals surface area contributed by atoms with E-state index in [0.717, 1.165) is 21.9 Å². The lowest BCUT2D eigenvalue weighted by Gasteiger charge is -2.18. The highest BCUT2D eigenvalue weighted by Gasteiger charge is 2.10. The van der Waals surface area contributed by atoms with E-state index < -0.39 is 0 Å². The highest BCUT2D eigenvalue weighted by molar-refractivity contribution is 8.00. The number of methoxy groups -OCH3 is 1. The van der Waals surface area contributed by atoms with Gasteiger partial charge in [-0.1, -0.05) is 18.2 Å². The number of hydrogen-bond acceptors (Lipinski definition) is 4. The fourth-order valence-electron chi connectivity index (χ4n) is 2.21. The van der Waals surface area contributed by atoms with Crippen LogP contribution in [-0.4, -0.2) is 44.8 Å². The van der Waals surface area contributed by atoms with Crippen LogP contribution in [0.15, 0.2) is 53.4 Å². The van der Waals surface area contributed by atoms with Crippen molar-refractivity contribution in [1.82, 2.24) is 4.90 Å². The van der Waals surface area contributed by atoms with E-state index in [-0.39, 0.29) is 5.91 Å². The van der Waals surface area contributed by atoms with Crippen LogP contribution in [0, 0.1) is 0 Å². The molecule has 0 spiro atoms. The van der Waals surface area contributed by atoms with E-state index >= 15 is 0 Å². The van der Waals surface area contributed by atoms with E-state index in [1.165, 1.54) is 11.8 Å². The molecule has 128 valence electrons. The van der Waals surface area contributed by atoms with Crippen LogP contribution in [0.2, 0.25) is 0 Å². The second-order valence-electron chi connectivity index (χ2n) is 5.78. The van der Waals surface area contributed by atoms with Crippen LogP contribution in [0.25, 0.3) is 0 Å². The monoisotopic (exact) mass is 344 g/mol. The molecule has 0 aliphatic heterocycles. The van der Waals surface area contributed by atoms with Crippen molar-refractivity contribution in [1.29, 1.82) is 0 Å². The van der Waals surface area contributed by atoms with Crippen LogP contribution in [0.5, 0.6) is 5.75 Å². The zero-order valence-electron chi connectivity index (χ0n) is 14.7. The summed E-state index contributed by atoms with van der Waals surface area (Å²) in [4.78, 5) is 17.2. The Morgan fingerprint density at radius 3 is 2.42 bits per heavy atom. The lowest BCUT2D eigenvalue weighted by molar-refractivity contribution is -0.127. The second-order valence-corrected chi connectivity index (χ2v) is 6.83. The summed E-state index contributed by atoms with van der Waals surface area (Å²) >= 11 is 1.53. The first kappa shape index (κ1) is 18.2. The van der Waals surface area contributed by atoms with E-state index in [9.17, 15) is 4.79 Å². The second kappa shape index (κ2) is 8.64. The number of rotatable bonds is 7. The van der Waals surface area contributed by atoms with E-state index in [2.05, 4.69) is 29.2 Å². The summed E-state index contributed by atoms with van der Waals surface area (Å²) in [5.41, 5.74) is 2.28. The summed E-state index contributed by atoms with van der Waals surface area (Å²) in [6.45, 7) is 0.616. The van der Waals surface area contributed by atoms with Gasteiger partial charge in [0.25, 0.3) is 0 Å². The number of thioether (sulfide) groups is 1. The van der Waals surface area contributed by atoms with Gasteiger partial charge in [-0.05, 0) is 35.9 Å². The normalized spacial score (nSPS) is 10.3. The zero-order valence-corrected chi connectivity index (χ0v) is 15.5. The van der Waals surface area contributed by atoms with Crippen LogP contribution in [0.4, 0.5) is 5.69 Å². The topological polar surface area (TPSA) is 32.8 Å². The van der Waals surface area contributed by atoms with Crippen LogP contribution in [0.1, 0.15) is 5.56 Å². The number of carbonyl (C=O) groups is 1. The van der Waals surface area contributed by atoms with Gasteiger partial charge in [-0.3, -0.25) is 4.79 Å². The minimum atomic E-state index is 0.111. The van der Waals surface area contributed by atoms with E-state index in [0.29, 0.717) is 12.3 Å². The first-order valence-corrected chi connectivity index (χ1v) is 8.75. The molecule has 0 aromatic heterocycles. The Bertz CT molecular complexity index is 671. The molecule has 0 heterocycles. The van der Waals surface area contributed by atoms with Gasteiger partial charge in [-0.2, -0.15) is 0 Å². The van der Waals surface area contributed by atoms with Crippen molar-refractivity contribution in [3.05, 3.63) is 54.1 Å². The Labute approximate surface area is 148 Å². The van der Waals surface area contributed by atoms with Gasteiger partial charge in [-0.25, -0.2) is 0 Å². The van der Waals surface area contributed by atoms with Crippen molar-refractivity contribution < 1.29 is 9.53 Å². The molecule has 2 rings (SSSR count). The largest absolute Gasteiger partial charge is 0.497 e. The van der Waals surface area contributed by atoms with Gasteiger partial charge in [0.1, 0.15) is 5.75 Å². The number of nitrogens with zero attached hydrogens (tertiary/aromatic N) is 2. The molecule has 0 N–H and O–H groups in total. The molecule has 0 fully saturated rings. The SMILES string of the molecule is COc1cccc(SCC(=O)N(C)Cc2ccc(N(C)C)cc2)c1. The van der Waals surface area contributed by atoms with Gasteiger partial charge >= 0.3 is 0 Å². The third-order valence-electron chi connectivity index (χ3n) is 3.70. The van der Waals surface area contributed by atoms with E-state index in [4.69, 9.17) is 4.74 Å². The Morgan fingerprint density at radius 2 is 1.79 bits per heavy atom. The van der Waals surface area contributed by atoms with Gasteiger partial charge in [0.05, 0.1) is 12.9 Å². The molecule has 2 aromatic carbocycles. The van der Waals surface area contributed by atoms with Gasteiger partial charge < -0.3 is 14.5 Å². The molecule has 0 unspecified atom stereocenters. The number of anilines is 1. The minimum absolute atomic E-state index is 0.111. The van der Waals surface area contributed by atoms with Crippen LogP contribution < -0.4 is 9.64 Å². The summed E-state index contributed by atoms with van der Waals surface area (Å²) in [5.74, 6) is 1.33. The summed E-state index contributed by atoms with van der Waals surface area (Å²) in [6, 6.07) is 16.0. The Kier molecular flexibility index (Phi) is 6.55. The van der Waals surface area contributed by atoms with Crippen LogP contribution in [0.3, 0.4) is 0 Å². The maximum Gasteiger partial charge on any atom is 0.232 e. The van der Waals surface area contributed by atoms with Crippen LogP contribution in [-0.2, 0) is 11.3 Å². The summed E-state index contributed by atoms with van der Waals surface area (Å²) in [6.07, 6.45) is 0. The molecule has 2 aromatic rings. The predicted molar refractivity (Wildman–Crippen MR) is 101 cm³/mol. The number of benzene rings is 2. The Morgan fingerprint density at radius 1 is 1.08 bits per heavy atom. The van der Waals surface area contributed by atoms with Crippen LogP contribution >= 0.6 is 11.8 Å². The summed E-state index contributed by atoms with van der Waals surface area (Å²) < 4.78 is 5.20. The number of hydrogen-bond donors (Lipinski definition) is 0. The standard InChI is InChI=1S/C19H24N2O2S/c1-20(2)16-10-8-15(9-11-16)13-21(3)19(22)14-24-18-7-5-6-17(12-18)23-4/h5-12H,13-14H2,1-4H3. The molecular weight excluding hydrogens is 320 g/mol. The molecule has 0 saturated heterocycles. The van der Waals surface area contributed by atoms with Crippen molar-refractivity contribution >= 4 is 23.4 Å². The maximum atomic E-state index is 12.3. The molecule has 0 atom stereocenters. The Balaban J connectivity index is 1.87. The minimum Gasteiger partial charge on any atom is -0.497 e. The third-order valence-corrected chi connectivity index (χ3v) is 4.68. The van der Waals surface area contributed by atoms with Gasteiger partial charge in [0.15, 0.2) is 0 Å². The molecule has 0 bridgehead atoms. The number of amides is 1. The molecule has 4 nitrogen and oxygen atoms in total. The maximum absolute atomic E-state index is 12.3. The van der Waals surface area contributed by atoms with Gasteiger partial charge in [0, 0.05) is 38.3 Å². The van der Waals surface area contributed by atoms with Crippen molar-refractivity contribution in [2.75, 3.05) is 38.9 Å². The third kappa shape index (κ3) is 5.20. The van der Waals surface area contributed by atoms with E-state index in [1.807, 2.05) is 45.4 Å². The predicted octanol–water partition coefficient (Wildman–Crippen LogP) is 3.51. The summed E-state index contributed by atoms with van der Waals surface area (Å²) in [7, 11) is 7.51. The molecule has 1 amide bonds. The zero-order chi connectivity index (χ0) is 17.5. The first-order valence-electron chi connectivity index (χ1n) is 7.76. The Hall–Kier alpha value is -2.14. The van der Waals surface area contributed by atoms with Gasteiger partial charge in [-0.15, -0.1) is 11.8 Å². The van der Waals surface area contributed by atoms with Crippen molar-refractivity contribution in [2.24, 2.45) is 0 Å². The molecule has 0 aliphatic rings. The molecule has 0 radical (unpaired) electrons. The van der Waals surface area contributed by atoms with Gasteiger partial charge in [0.2, 0.25) is 5.91 Å². The average Bonchev–Trinajstić information content (AvgIpc) is 2.60. The molecule has 24 heavy (non-hydrogen) atoms. The fourth-order valence-corrected chi connectivity index (χ4v) is 3.09. The first-order chi connectivity index (χ1) is 11.5. The van der Waals surface area contributed by atoms with Crippen molar-refractivity contribution in [3.63, 3.8) is 0 Å². The lowest BCUT2D eigenvalue weighted by atomic mass is 10.2. The van der Waals surface area contributed by atoms with Crippen molar-refractivity contribution in [3.8, 4) is 5.75 Å². The number of carbonyl (C=O) groups excluding carboxylic acids is 1. The molecular formula is C19H24N2O2S. The molecule has 0 aliphatic carbocycles. The quantitative estimate of drug-likeness (QED) is 0.720. The highest BCUT2D eigenvalue weighted by Crippen LogP contribution is 2.23.